The predicted octanol–water partition coefficient (Wildman–Crippen LogP) is 3.51. The van der Waals surface area contributed by atoms with Gasteiger partial charge in [-0.15, -0.1) is 0 Å². The van der Waals surface area contributed by atoms with Crippen molar-refractivity contribution in [3.05, 3.63) is 40.5 Å². The van der Waals surface area contributed by atoms with Crippen LogP contribution in [0, 0.1) is 12.3 Å². The highest BCUT2D eigenvalue weighted by Gasteiger charge is 2.39. The van der Waals surface area contributed by atoms with E-state index in [1.54, 1.807) is 6.92 Å². The maximum absolute atomic E-state index is 11.9. The minimum Gasteiger partial charge on any atom is -0.299 e. The number of allylic oxidation sites excluding steroid dienone is 1. The zero-order valence-electron chi connectivity index (χ0n) is 12.0. The Labute approximate surface area is 114 Å². The summed E-state index contributed by atoms with van der Waals surface area (Å²) in [4.78, 5) is 23.8. The lowest BCUT2D eigenvalue weighted by molar-refractivity contribution is -0.134. The highest BCUT2D eigenvalue weighted by Crippen LogP contribution is 2.37. The molecule has 1 aliphatic rings. The van der Waals surface area contributed by atoms with Gasteiger partial charge in [0, 0.05) is 0 Å². The monoisotopic (exact) mass is 256 g/mol. The second-order valence-corrected chi connectivity index (χ2v) is 5.61. The van der Waals surface area contributed by atoms with E-state index < -0.39 is 5.41 Å². The van der Waals surface area contributed by atoms with Crippen LogP contribution in [-0.4, -0.2) is 11.6 Å². The number of benzene rings is 1. The number of hydrogen-bond acceptors (Lipinski definition) is 2. The molecule has 2 heteroatoms. The summed E-state index contributed by atoms with van der Waals surface area (Å²) in [7, 11) is 0. The van der Waals surface area contributed by atoms with Crippen LogP contribution in [0.5, 0.6) is 0 Å². The minimum absolute atomic E-state index is 0.0678. The predicted molar refractivity (Wildman–Crippen MR) is 76.9 cm³/mol. The average Bonchev–Trinajstić information content (AvgIpc) is 2.36. The highest BCUT2D eigenvalue weighted by atomic mass is 16.2. The van der Waals surface area contributed by atoms with E-state index in [1.807, 2.05) is 6.08 Å². The first-order chi connectivity index (χ1) is 8.85. The molecule has 0 unspecified atom stereocenters. The van der Waals surface area contributed by atoms with Gasteiger partial charge in [0.1, 0.15) is 17.0 Å². The molecule has 0 aliphatic heterocycles. The summed E-state index contributed by atoms with van der Waals surface area (Å²) < 4.78 is 0. The quantitative estimate of drug-likeness (QED) is 0.775. The molecule has 1 aromatic rings. The van der Waals surface area contributed by atoms with Gasteiger partial charge in [-0.05, 0) is 57.2 Å². The van der Waals surface area contributed by atoms with Crippen LogP contribution in [0.2, 0.25) is 0 Å². The second kappa shape index (κ2) is 4.76. The number of hydrogen-bond donors (Lipinski definition) is 0. The van der Waals surface area contributed by atoms with E-state index in [-0.39, 0.29) is 11.6 Å². The summed E-state index contributed by atoms with van der Waals surface area (Å²) >= 11 is 0. The van der Waals surface area contributed by atoms with Gasteiger partial charge in [-0.25, -0.2) is 0 Å². The molecule has 2 nitrogen and oxygen atoms in total. The molecule has 0 spiro atoms. The van der Waals surface area contributed by atoms with Crippen LogP contribution in [-0.2, 0) is 16.0 Å². The summed E-state index contributed by atoms with van der Waals surface area (Å²) in [6.07, 6.45) is 3.71. The zero-order valence-corrected chi connectivity index (χ0v) is 12.0. The van der Waals surface area contributed by atoms with Crippen LogP contribution in [0.4, 0.5) is 0 Å². The van der Waals surface area contributed by atoms with Gasteiger partial charge in [0.25, 0.3) is 0 Å². The van der Waals surface area contributed by atoms with Gasteiger partial charge >= 0.3 is 0 Å². The van der Waals surface area contributed by atoms with Gasteiger partial charge in [-0.2, -0.15) is 0 Å². The third-order valence-corrected chi connectivity index (χ3v) is 4.34. The van der Waals surface area contributed by atoms with Gasteiger partial charge in [0.05, 0.1) is 0 Å². The third-order valence-electron chi connectivity index (χ3n) is 4.34. The molecule has 0 amide bonds. The fourth-order valence-electron chi connectivity index (χ4n) is 2.72. The van der Waals surface area contributed by atoms with Crippen molar-refractivity contribution < 1.29 is 9.59 Å². The smallest absolute Gasteiger partial charge is 0.147 e. The van der Waals surface area contributed by atoms with Crippen molar-refractivity contribution in [3.8, 4) is 0 Å². The molecule has 0 bridgehead atoms. The van der Waals surface area contributed by atoms with Crippen LogP contribution in [0.3, 0.4) is 0 Å². The van der Waals surface area contributed by atoms with E-state index in [9.17, 15) is 9.59 Å². The first-order valence-corrected chi connectivity index (χ1v) is 6.68. The number of carbonyl (C=O) groups excluding carboxylic acids is 2. The molecular formula is C17H20O2. The van der Waals surface area contributed by atoms with Crippen molar-refractivity contribution in [3.63, 3.8) is 0 Å². The van der Waals surface area contributed by atoms with Crippen LogP contribution < -0.4 is 0 Å². The standard InChI is InChI=1S/C17H20O2/c1-11-5-6-15-10-16(8-7-14(15)9-11)17(4,12(2)18)13(3)19/h5-6,9-10H,7-8H2,1-4H3. The number of Topliss-reactive ketones (excluding diaryl/α,β-unsaturated/α-hetero) is 2. The largest absolute Gasteiger partial charge is 0.299 e. The van der Waals surface area contributed by atoms with Crippen molar-refractivity contribution in [1.29, 1.82) is 0 Å². The molecule has 0 saturated heterocycles. The van der Waals surface area contributed by atoms with Crippen molar-refractivity contribution >= 4 is 17.6 Å². The van der Waals surface area contributed by atoms with Gasteiger partial charge in [0.2, 0.25) is 0 Å². The Morgan fingerprint density at radius 3 is 2.32 bits per heavy atom. The first-order valence-electron chi connectivity index (χ1n) is 6.68. The Hall–Kier alpha value is -1.70. The molecule has 2 rings (SSSR count). The van der Waals surface area contributed by atoms with Crippen LogP contribution >= 0.6 is 0 Å². The lowest BCUT2D eigenvalue weighted by Crippen LogP contribution is -2.36. The molecule has 0 saturated carbocycles. The Morgan fingerprint density at radius 1 is 1.11 bits per heavy atom. The van der Waals surface area contributed by atoms with Crippen LogP contribution in [0.1, 0.15) is 43.9 Å². The lowest BCUT2D eigenvalue weighted by atomic mass is 9.71. The van der Waals surface area contributed by atoms with Gasteiger partial charge in [-0.1, -0.05) is 29.8 Å². The van der Waals surface area contributed by atoms with E-state index in [0.717, 1.165) is 24.0 Å². The SMILES string of the molecule is CC(=O)C(C)(C(C)=O)C1=Cc2ccc(C)cc2CC1. The summed E-state index contributed by atoms with van der Waals surface area (Å²) in [6.45, 7) is 6.84. The van der Waals surface area contributed by atoms with Crippen molar-refractivity contribution in [2.24, 2.45) is 5.41 Å². The number of fused-ring (bicyclic) bond motifs is 1. The fraction of sp³-hybridized carbons (Fsp3) is 0.412. The number of aryl methyl sites for hydroxylation is 2. The maximum Gasteiger partial charge on any atom is 0.147 e. The van der Waals surface area contributed by atoms with Crippen molar-refractivity contribution in [2.75, 3.05) is 0 Å². The summed E-state index contributed by atoms with van der Waals surface area (Å²) in [6, 6.07) is 6.32. The van der Waals surface area contributed by atoms with E-state index in [2.05, 4.69) is 25.1 Å². The van der Waals surface area contributed by atoms with E-state index >= 15 is 0 Å². The Morgan fingerprint density at radius 2 is 1.74 bits per heavy atom. The zero-order chi connectivity index (χ0) is 14.2. The molecule has 0 atom stereocenters. The molecule has 1 aliphatic carbocycles. The normalized spacial score (nSPS) is 14.6. The average molecular weight is 256 g/mol. The van der Waals surface area contributed by atoms with E-state index in [1.165, 1.54) is 25.0 Å². The van der Waals surface area contributed by atoms with Crippen molar-refractivity contribution in [2.45, 2.75) is 40.5 Å². The van der Waals surface area contributed by atoms with Crippen LogP contribution in [0.25, 0.3) is 6.08 Å². The lowest BCUT2D eigenvalue weighted by Gasteiger charge is -2.30. The molecular weight excluding hydrogens is 236 g/mol. The summed E-state index contributed by atoms with van der Waals surface area (Å²) in [5, 5.41) is 0. The van der Waals surface area contributed by atoms with Gasteiger partial charge in [-0.3, -0.25) is 9.59 Å². The topological polar surface area (TPSA) is 34.1 Å². The minimum atomic E-state index is -0.956. The Balaban J connectivity index is 2.51. The fourth-order valence-corrected chi connectivity index (χ4v) is 2.72. The maximum atomic E-state index is 11.9. The van der Waals surface area contributed by atoms with Gasteiger partial charge in [0.15, 0.2) is 0 Å². The second-order valence-electron chi connectivity index (χ2n) is 5.61. The van der Waals surface area contributed by atoms with E-state index in [0.29, 0.717) is 0 Å². The highest BCUT2D eigenvalue weighted by molar-refractivity contribution is 6.08. The molecule has 0 aromatic heterocycles. The Kier molecular flexibility index (Phi) is 3.44. The molecule has 0 fully saturated rings. The molecule has 0 N–H and O–H groups in total. The first kappa shape index (κ1) is 13.7. The van der Waals surface area contributed by atoms with Gasteiger partial charge < -0.3 is 0 Å². The van der Waals surface area contributed by atoms with E-state index in [4.69, 9.17) is 0 Å². The van der Waals surface area contributed by atoms with Crippen LogP contribution in [0.15, 0.2) is 23.8 Å². The number of rotatable bonds is 3. The van der Waals surface area contributed by atoms with Crippen molar-refractivity contribution in [1.82, 2.24) is 0 Å². The molecule has 0 radical (unpaired) electrons. The molecule has 100 valence electrons. The third kappa shape index (κ3) is 2.27. The molecule has 0 heterocycles. The molecule has 1 aromatic carbocycles. The Bertz CT molecular complexity index is 565. The summed E-state index contributed by atoms with van der Waals surface area (Å²) in [5.74, 6) is -0.136. The number of ketones is 2. The number of carbonyl (C=O) groups is 2. The molecule has 19 heavy (non-hydrogen) atoms. The summed E-state index contributed by atoms with van der Waals surface area (Å²) in [5.41, 5.74) is 3.68.